The van der Waals surface area contributed by atoms with Gasteiger partial charge in [0.05, 0.1) is 12.7 Å². The van der Waals surface area contributed by atoms with Crippen LogP contribution in [0.3, 0.4) is 0 Å². The fraction of sp³-hybridized carbons (Fsp3) is 0.333. The predicted octanol–water partition coefficient (Wildman–Crippen LogP) is 3.75. The Balaban J connectivity index is 2.16. The molecule has 2 heteroatoms. The summed E-state index contributed by atoms with van der Waals surface area (Å²) in [6.07, 6.45) is 3.32. The third kappa shape index (κ3) is 2.17. The van der Waals surface area contributed by atoms with Crippen LogP contribution in [0.25, 0.3) is 0 Å². The van der Waals surface area contributed by atoms with Crippen molar-refractivity contribution in [2.45, 2.75) is 19.4 Å². The van der Waals surface area contributed by atoms with Crippen LogP contribution < -0.4 is 0 Å². The lowest BCUT2D eigenvalue weighted by atomic mass is 10.0. The van der Waals surface area contributed by atoms with E-state index in [0.717, 1.165) is 18.1 Å². The van der Waals surface area contributed by atoms with Gasteiger partial charge in [0.1, 0.15) is 0 Å². The van der Waals surface area contributed by atoms with Crippen LogP contribution in [-0.2, 0) is 4.74 Å². The first-order chi connectivity index (χ1) is 6.75. The van der Waals surface area contributed by atoms with Gasteiger partial charge in [0, 0.05) is 5.02 Å². The summed E-state index contributed by atoms with van der Waals surface area (Å²) in [6, 6.07) is 7.89. The Labute approximate surface area is 89.3 Å². The Morgan fingerprint density at radius 1 is 1.29 bits per heavy atom. The lowest BCUT2D eigenvalue weighted by Crippen LogP contribution is -2.10. The van der Waals surface area contributed by atoms with Crippen molar-refractivity contribution in [3.63, 3.8) is 0 Å². The van der Waals surface area contributed by atoms with Gasteiger partial charge >= 0.3 is 0 Å². The van der Waals surface area contributed by atoms with Crippen molar-refractivity contribution in [2.75, 3.05) is 6.61 Å². The third-order valence-corrected chi connectivity index (χ3v) is 2.73. The summed E-state index contributed by atoms with van der Waals surface area (Å²) in [5, 5.41) is 0.775. The highest BCUT2D eigenvalue weighted by atomic mass is 35.5. The maximum Gasteiger partial charge on any atom is 0.0866 e. The minimum absolute atomic E-state index is 0.206. The van der Waals surface area contributed by atoms with E-state index in [0.29, 0.717) is 0 Å². The summed E-state index contributed by atoms with van der Waals surface area (Å²) in [6.45, 7) is 2.87. The van der Waals surface area contributed by atoms with Gasteiger partial charge in [0.25, 0.3) is 0 Å². The molecule has 0 fully saturated rings. The number of benzene rings is 1. The lowest BCUT2D eigenvalue weighted by molar-refractivity contribution is 0.0641. The molecule has 0 amide bonds. The first kappa shape index (κ1) is 9.75. The molecular weight excluding hydrogens is 196 g/mol. The first-order valence-electron chi connectivity index (χ1n) is 4.78. The SMILES string of the molecule is CC1=CCO[C@@H](c2ccc(Cl)cc2)C1. The molecule has 14 heavy (non-hydrogen) atoms. The van der Waals surface area contributed by atoms with E-state index in [4.69, 9.17) is 16.3 Å². The Morgan fingerprint density at radius 2 is 2.00 bits per heavy atom. The van der Waals surface area contributed by atoms with Crippen molar-refractivity contribution in [2.24, 2.45) is 0 Å². The molecule has 1 nitrogen and oxygen atoms in total. The zero-order valence-corrected chi connectivity index (χ0v) is 8.92. The Bertz CT molecular complexity index is 340. The highest BCUT2D eigenvalue weighted by Crippen LogP contribution is 2.28. The average molecular weight is 209 g/mol. The van der Waals surface area contributed by atoms with Crippen LogP contribution >= 0.6 is 11.6 Å². The number of ether oxygens (including phenoxy) is 1. The summed E-state index contributed by atoms with van der Waals surface area (Å²) >= 11 is 5.83. The molecule has 0 aliphatic carbocycles. The molecule has 1 atom stereocenters. The molecule has 0 saturated carbocycles. The maximum atomic E-state index is 5.83. The van der Waals surface area contributed by atoms with Gasteiger partial charge in [0.2, 0.25) is 0 Å². The van der Waals surface area contributed by atoms with E-state index in [1.807, 2.05) is 24.3 Å². The standard InChI is InChI=1S/C12H13ClO/c1-9-6-7-14-12(8-9)10-2-4-11(13)5-3-10/h2-6,12H,7-8H2,1H3/t12-/m1/s1. The van der Waals surface area contributed by atoms with Crippen LogP contribution in [0.15, 0.2) is 35.9 Å². The summed E-state index contributed by atoms with van der Waals surface area (Å²) in [4.78, 5) is 0. The minimum atomic E-state index is 0.206. The molecule has 0 N–H and O–H groups in total. The van der Waals surface area contributed by atoms with Crippen LogP contribution in [0.2, 0.25) is 5.02 Å². The Kier molecular flexibility index (Phi) is 2.90. The van der Waals surface area contributed by atoms with Gasteiger partial charge in [-0.3, -0.25) is 0 Å². The van der Waals surface area contributed by atoms with Crippen molar-refractivity contribution >= 4 is 11.6 Å². The minimum Gasteiger partial charge on any atom is -0.369 e. The van der Waals surface area contributed by atoms with Crippen LogP contribution in [0.5, 0.6) is 0 Å². The summed E-state index contributed by atoms with van der Waals surface area (Å²) in [7, 11) is 0. The van der Waals surface area contributed by atoms with E-state index in [-0.39, 0.29) is 6.10 Å². The number of hydrogen-bond acceptors (Lipinski definition) is 1. The summed E-state index contributed by atoms with van der Waals surface area (Å²) in [5.41, 5.74) is 2.61. The van der Waals surface area contributed by atoms with Crippen LogP contribution in [-0.4, -0.2) is 6.61 Å². The molecule has 0 unspecified atom stereocenters. The second kappa shape index (κ2) is 4.16. The normalized spacial score (nSPS) is 21.9. The molecule has 74 valence electrons. The second-order valence-electron chi connectivity index (χ2n) is 3.63. The van der Waals surface area contributed by atoms with Crippen molar-refractivity contribution in [3.05, 3.63) is 46.5 Å². The highest BCUT2D eigenvalue weighted by Gasteiger charge is 2.15. The first-order valence-corrected chi connectivity index (χ1v) is 5.16. The molecule has 1 heterocycles. The van der Waals surface area contributed by atoms with Gasteiger partial charge in [-0.2, -0.15) is 0 Å². The second-order valence-corrected chi connectivity index (χ2v) is 4.06. The zero-order chi connectivity index (χ0) is 9.97. The molecule has 0 radical (unpaired) electrons. The van der Waals surface area contributed by atoms with Crippen LogP contribution in [0.4, 0.5) is 0 Å². The highest BCUT2D eigenvalue weighted by molar-refractivity contribution is 6.30. The average Bonchev–Trinajstić information content (AvgIpc) is 2.19. The van der Waals surface area contributed by atoms with E-state index in [9.17, 15) is 0 Å². The van der Waals surface area contributed by atoms with E-state index in [2.05, 4.69) is 13.0 Å². The lowest BCUT2D eigenvalue weighted by Gasteiger charge is -2.22. The monoisotopic (exact) mass is 208 g/mol. The fourth-order valence-electron chi connectivity index (χ4n) is 1.63. The topological polar surface area (TPSA) is 9.23 Å². The van der Waals surface area contributed by atoms with Gasteiger partial charge in [0.15, 0.2) is 0 Å². The largest absolute Gasteiger partial charge is 0.369 e. The van der Waals surface area contributed by atoms with Gasteiger partial charge in [-0.05, 0) is 31.0 Å². The fourth-order valence-corrected chi connectivity index (χ4v) is 1.76. The molecule has 0 aromatic heterocycles. The van der Waals surface area contributed by atoms with Crippen LogP contribution in [0, 0.1) is 0 Å². The molecule has 0 bridgehead atoms. The van der Waals surface area contributed by atoms with E-state index in [1.54, 1.807) is 0 Å². The number of rotatable bonds is 1. The molecular formula is C12H13ClO. The maximum absolute atomic E-state index is 5.83. The zero-order valence-electron chi connectivity index (χ0n) is 8.16. The predicted molar refractivity (Wildman–Crippen MR) is 58.5 cm³/mol. The molecule has 1 aliphatic rings. The number of halogens is 1. The quantitative estimate of drug-likeness (QED) is 0.639. The van der Waals surface area contributed by atoms with Crippen LogP contribution in [0.1, 0.15) is 25.0 Å². The molecule has 1 aromatic rings. The molecule has 0 saturated heterocycles. The smallest absolute Gasteiger partial charge is 0.0866 e. The van der Waals surface area contributed by atoms with E-state index < -0.39 is 0 Å². The van der Waals surface area contributed by atoms with Gasteiger partial charge < -0.3 is 4.74 Å². The number of hydrogen-bond donors (Lipinski definition) is 0. The molecule has 2 rings (SSSR count). The van der Waals surface area contributed by atoms with Crippen molar-refractivity contribution in [1.29, 1.82) is 0 Å². The van der Waals surface area contributed by atoms with Crippen molar-refractivity contribution in [3.8, 4) is 0 Å². The Morgan fingerprint density at radius 3 is 2.64 bits per heavy atom. The molecule has 1 aromatic carbocycles. The van der Waals surface area contributed by atoms with Gasteiger partial charge in [-0.1, -0.05) is 35.4 Å². The van der Waals surface area contributed by atoms with E-state index in [1.165, 1.54) is 11.1 Å². The van der Waals surface area contributed by atoms with E-state index >= 15 is 0 Å². The van der Waals surface area contributed by atoms with Crippen molar-refractivity contribution < 1.29 is 4.74 Å². The summed E-state index contributed by atoms with van der Waals surface area (Å²) in [5.74, 6) is 0. The Hall–Kier alpha value is -0.790. The van der Waals surface area contributed by atoms with Crippen molar-refractivity contribution in [1.82, 2.24) is 0 Å². The van der Waals surface area contributed by atoms with Gasteiger partial charge in [-0.25, -0.2) is 0 Å². The molecule has 1 aliphatic heterocycles. The summed E-state index contributed by atoms with van der Waals surface area (Å²) < 4.78 is 5.65. The molecule has 0 spiro atoms. The third-order valence-electron chi connectivity index (χ3n) is 2.48. The van der Waals surface area contributed by atoms with Gasteiger partial charge in [-0.15, -0.1) is 0 Å².